The Morgan fingerprint density at radius 2 is 0.873 bits per heavy atom. The normalized spacial score (nSPS) is 24.1. The van der Waals surface area contributed by atoms with E-state index in [1.807, 2.05) is 0 Å². The fourth-order valence-electron chi connectivity index (χ4n) is 11.6. The Morgan fingerprint density at radius 3 is 1.35 bits per heavy atom. The van der Waals surface area contributed by atoms with Gasteiger partial charge in [0.05, 0.1) is 25.2 Å². The number of carbonyl (C=O) groups is 14. The number of primary amides is 1. The number of aliphatic hydroxyl groups is 3. The quantitative estimate of drug-likeness (QED) is 0.0234. The van der Waals surface area contributed by atoms with Crippen LogP contribution in [0.1, 0.15) is 88.0 Å². The van der Waals surface area contributed by atoms with E-state index in [0.29, 0.717) is 51.0 Å². The number of para-hydroxylation sites is 1. The average Bonchev–Trinajstić information content (AvgIpc) is 1.70. The molecule has 2 heterocycles. The number of aliphatic hydroxyl groups excluding tert-OH is 3. The number of unbranched alkanes of at least 4 members (excludes halogenated alkanes) is 2. The number of aromatic amines is 1. The largest absolute Gasteiger partial charge is 0.480 e. The molecule has 1 saturated heterocycles. The molecule has 0 spiro atoms. The number of hydrogen-bond acceptors (Lipinski definition) is 21. The lowest BCUT2D eigenvalue weighted by Crippen LogP contribution is -2.63. The average molecular weight is 1590 g/mol. The van der Waals surface area contributed by atoms with Crippen LogP contribution in [-0.4, -0.2) is 224 Å². The van der Waals surface area contributed by atoms with Crippen molar-refractivity contribution in [2.45, 2.75) is 176 Å². The Labute approximate surface area is 647 Å². The number of halogens is 1. The minimum absolute atomic E-state index is 0.135. The zero-order chi connectivity index (χ0) is 80.6. The molecule has 0 saturated carbocycles. The van der Waals surface area contributed by atoms with E-state index in [1.165, 1.54) is 12.1 Å². The number of carboxylic acids is 1. The van der Waals surface area contributed by atoms with Crippen molar-refractivity contribution in [2.75, 3.05) is 31.2 Å². The van der Waals surface area contributed by atoms with Gasteiger partial charge in [0, 0.05) is 66.2 Å². The van der Waals surface area contributed by atoms with Crippen LogP contribution < -0.4 is 81.0 Å². The van der Waals surface area contributed by atoms with Gasteiger partial charge in [-0.05, 0) is 106 Å². The molecule has 37 heteroatoms. The van der Waals surface area contributed by atoms with Crippen molar-refractivity contribution < 1.29 is 87.5 Å². The summed E-state index contributed by atoms with van der Waals surface area (Å²) in [6, 6.07) is 9.05. The van der Waals surface area contributed by atoms with Gasteiger partial charge in [0.25, 0.3) is 0 Å². The van der Waals surface area contributed by atoms with Crippen molar-refractivity contribution in [3.63, 3.8) is 0 Å². The van der Waals surface area contributed by atoms with Gasteiger partial charge >= 0.3 is 5.97 Å². The first-order chi connectivity index (χ1) is 52.5. The van der Waals surface area contributed by atoms with Crippen molar-refractivity contribution in [2.24, 2.45) is 17.2 Å². The van der Waals surface area contributed by atoms with Gasteiger partial charge < -0.3 is 106 Å². The summed E-state index contributed by atoms with van der Waals surface area (Å²) in [6.07, 6.45) is -3.25. The molecule has 14 atom stereocenters. The summed E-state index contributed by atoms with van der Waals surface area (Å²) < 4.78 is 0. The minimum Gasteiger partial charge on any atom is -0.480 e. The molecule has 2 unspecified atom stereocenters. The third-order valence-corrected chi connectivity index (χ3v) is 20.2. The van der Waals surface area contributed by atoms with Crippen LogP contribution in [0.4, 0.5) is 0 Å². The second kappa shape index (κ2) is 45.1. The van der Waals surface area contributed by atoms with E-state index in [0.717, 1.165) is 42.4 Å². The number of aromatic nitrogens is 1. The SMILES string of the molecule is CC(=O)N[C@H]1CSSC[C@@H](C(=O)O)NC(=O)[C@H](CO)NC(=O)C([C@@H](C)O)NC(=O)[C@H](Cc2ccccc2)NC(=O)C([C@@H](C)O)NC(=O)[C@H](CCCCN)NC(=O)[C@@H](Cc2c[nH]c3ccccc23)NC(=O)[C@H](Cc2ccccc2)NC(=O)[C@H](Cc2ccc(Cl)cc2)NC(=O)[C@@H](CC(N)=O)NC(=O)[C@H](CCCCN)NC1=O. The van der Waals surface area contributed by atoms with Crippen LogP contribution in [0.3, 0.4) is 0 Å². The van der Waals surface area contributed by atoms with Crippen molar-refractivity contribution in [1.82, 2.24) is 68.8 Å². The third kappa shape index (κ3) is 28.7. The number of benzene rings is 4. The predicted octanol–water partition coefficient (Wildman–Crippen LogP) is -2.70. The topological polar surface area (TPSA) is 558 Å². The van der Waals surface area contributed by atoms with Gasteiger partial charge in [0.15, 0.2) is 0 Å². The highest BCUT2D eigenvalue weighted by molar-refractivity contribution is 8.76. The molecule has 1 aliphatic heterocycles. The van der Waals surface area contributed by atoms with Crippen LogP contribution >= 0.6 is 33.2 Å². The summed E-state index contributed by atoms with van der Waals surface area (Å²) in [5, 5.41) is 73.9. The Bertz CT molecular complexity index is 3980. The number of amides is 13. The Balaban J connectivity index is 1.46. The van der Waals surface area contributed by atoms with E-state index >= 15 is 14.4 Å². The Morgan fingerprint density at radius 1 is 0.482 bits per heavy atom. The summed E-state index contributed by atoms with van der Waals surface area (Å²) in [5.41, 5.74) is 19.9. The maximum atomic E-state index is 15.4. The fraction of sp³-hybridized carbons (Fsp3) is 0.452. The van der Waals surface area contributed by atoms with E-state index in [4.69, 9.17) is 28.8 Å². The summed E-state index contributed by atoms with van der Waals surface area (Å²) >= 11 is 6.27. The van der Waals surface area contributed by atoms with Crippen LogP contribution in [-0.2, 0) is 92.8 Å². The van der Waals surface area contributed by atoms with Crippen LogP contribution in [0.25, 0.3) is 10.9 Å². The van der Waals surface area contributed by atoms with Gasteiger partial charge in [-0.1, -0.05) is 124 Å². The first kappa shape index (κ1) is 88.7. The van der Waals surface area contributed by atoms with Crippen LogP contribution in [0.15, 0.2) is 115 Å². The molecule has 5 aromatic rings. The summed E-state index contributed by atoms with van der Waals surface area (Å²) in [7, 11) is 1.62. The van der Waals surface area contributed by atoms with E-state index < -0.39 is 186 Å². The molecule has 13 amide bonds. The monoisotopic (exact) mass is 1580 g/mol. The standard InChI is InChI=1S/C73H97ClN16O18S2/c1-39(92)60-71(105)86-53(31-43-18-8-5-9-19-43)68(102)90-61(40(2)93)72(106)87-56(36-91)69(103)88-58(73(107)108)38-110-109-37-57(79-41(3)94)70(104)81-49(22-12-14-28-75)62(96)85-55(34-59(77)95)67(101)83-52(32-44-24-26-46(74)27-25-44)64(98)82-51(30-42-16-6-4-7-17-42)65(99)84-54(33-45-35-78-48-21-11-10-20-47(45)48)66(100)80-50(63(97)89-60)23-13-15-29-76/h4-11,16-21,24-27,35,39-40,49-58,60-61,78,91-93H,12-15,22-23,28-34,36-38,75-76H2,1-3H3,(H2,77,95)(H,79,94)(H,80,100)(H,81,104)(H,82,98)(H,83,101)(H,84,99)(H,85,96)(H,86,105)(H,87,106)(H,88,103)(H,89,97)(H,90,102)(H,107,108)/t39-,40-,49+,50+,51+,52+,53+,54-,55-,56+,57+,58+,60?,61?/m1/s1. The van der Waals surface area contributed by atoms with E-state index in [-0.39, 0.29) is 70.2 Å². The maximum absolute atomic E-state index is 15.4. The summed E-state index contributed by atoms with van der Waals surface area (Å²) in [4.78, 5) is 202. The first-order valence-electron chi connectivity index (χ1n) is 35.6. The molecule has 596 valence electrons. The highest BCUT2D eigenvalue weighted by atomic mass is 35.5. The lowest BCUT2D eigenvalue weighted by atomic mass is 10.00. The molecule has 0 bridgehead atoms. The number of rotatable bonds is 23. The zero-order valence-corrected chi connectivity index (χ0v) is 63.2. The smallest absolute Gasteiger partial charge is 0.327 e. The van der Waals surface area contributed by atoms with E-state index in [1.54, 1.807) is 103 Å². The molecule has 23 N–H and O–H groups in total. The summed E-state index contributed by atoms with van der Waals surface area (Å²) in [6.45, 7) is 2.44. The molecule has 1 aliphatic rings. The number of nitrogens with two attached hydrogens (primary N) is 3. The molecule has 0 radical (unpaired) electrons. The number of aliphatic carboxylic acids is 1. The van der Waals surface area contributed by atoms with Crippen molar-refractivity contribution in [3.05, 3.63) is 143 Å². The second-order valence-corrected chi connectivity index (χ2v) is 29.3. The Kier molecular flexibility index (Phi) is 36.3. The van der Waals surface area contributed by atoms with Gasteiger partial charge in [-0.15, -0.1) is 0 Å². The number of hydrogen-bond donors (Lipinski definition) is 20. The molecule has 110 heavy (non-hydrogen) atoms. The van der Waals surface area contributed by atoms with Gasteiger partial charge in [-0.25, -0.2) is 4.79 Å². The number of fused-ring (bicyclic) bond motifs is 1. The third-order valence-electron chi connectivity index (χ3n) is 17.5. The first-order valence-corrected chi connectivity index (χ1v) is 38.5. The van der Waals surface area contributed by atoms with Crippen LogP contribution in [0.5, 0.6) is 0 Å². The highest BCUT2D eigenvalue weighted by Crippen LogP contribution is 2.25. The fourth-order valence-corrected chi connectivity index (χ4v) is 14.1. The number of H-pyrrole nitrogens is 1. The van der Waals surface area contributed by atoms with Gasteiger partial charge in [0.2, 0.25) is 76.8 Å². The lowest BCUT2D eigenvalue weighted by Gasteiger charge is -2.29. The van der Waals surface area contributed by atoms with Crippen molar-refractivity contribution in [3.8, 4) is 0 Å². The number of carbonyl (C=O) groups excluding carboxylic acids is 13. The zero-order valence-electron chi connectivity index (χ0n) is 60.8. The lowest BCUT2D eigenvalue weighted by molar-refractivity contribution is -0.142. The maximum Gasteiger partial charge on any atom is 0.327 e. The molecule has 0 aliphatic carbocycles. The van der Waals surface area contributed by atoms with Crippen LogP contribution in [0, 0.1) is 0 Å². The van der Waals surface area contributed by atoms with Gasteiger partial charge in [-0.3, -0.25) is 62.3 Å². The summed E-state index contributed by atoms with van der Waals surface area (Å²) in [5.74, 6) is -16.2. The molecule has 1 fully saturated rings. The number of nitrogens with one attached hydrogen (secondary N) is 13. The molecule has 34 nitrogen and oxygen atoms in total. The highest BCUT2D eigenvalue weighted by Gasteiger charge is 2.40. The van der Waals surface area contributed by atoms with Gasteiger partial charge in [0.1, 0.15) is 72.5 Å². The second-order valence-electron chi connectivity index (χ2n) is 26.4. The van der Waals surface area contributed by atoms with E-state index in [9.17, 15) is 73.2 Å². The molecular weight excluding hydrogens is 1490 g/mol. The molecule has 1 aromatic heterocycles. The number of carboxylic acid groups (broad SMARTS) is 1. The molecule has 4 aromatic carbocycles. The van der Waals surface area contributed by atoms with Gasteiger partial charge in [-0.2, -0.15) is 0 Å². The molecular formula is C73H97ClN16O18S2. The van der Waals surface area contributed by atoms with E-state index in [2.05, 4.69) is 68.8 Å². The predicted molar refractivity (Wildman–Crippen MR) is 409 cm³/mol. The van der Waals surface area contributed by atoms with Crippen molar-refractivity contribution >= 4 is 127 Å². The van der Waals surface area contributed by atoms with Crippen molar-refractivity contribution in [1.29, 1.82) is 0 Å². The molecule has 6 rings (SSSR count). The van der Waals surface area contributed by atoms with Crippen LogP contribution in [0.2, 0.25) is 5.02 Å². The minimum atomic E-state index is -1.96. The Hall–Kier alpha value is -10.2.